The van der Waals surface area contributed by atoms with Gasteiger partial charge in [0, 0.05) is 45.7 Å². The van der Waals surface area contributed by atoms with Crippen LogP contribution in [0.15, 0.2) is 6.33 Å². The normalized spacial score (nSPS) is 21.7. The van der Waals surface area contributed by atoms with Crippen LogP contribution in [0.1, 0.15) is 25.7 Å². The monoisotopic (exact) mass is 321 g/mol. The minimum absolute atomic E-state index is 0.0390. The summed E-state index contributed by atoms with van der Waals surface area (Å²) in [5, 5.41) is 14.1. The van der Waals surface area contributed by atoms with E-state index in [0.717, 1.165) is 32.5 Å². The van der Waals surface area contributed by atoms with Gasteiger partial charge >= 0.3 is 0 Å². The number of aryl methyl sites for hydroxylation is 1. The van der Waals surface area contributed by atoms with Crippen molar-refractivity contribution < 1.29 is 9.59 Å². The Hall–Kier alpha value is -2.03. The van der Waals surface area contributed by atoms with Crippen molar-refractivity contribution in [1.82, 2.24) is 35.3 Å². The van der Waals surface area contributed by atoms with Gasteiger partial charge in [0.1, 0.15) is 12.4 Å². The molecule has 9 nitrogen and oxygen atoms in total. The Labute approximate surface area is 135 Å². The predicted molar refractivity (Wildman–Crippen MR) is 81.2 cm³/mol. The Balaban J connectivity index is 1.54. The Bertz CT molecular complexity index is 527. The third kappa shape index (κ3) is 3.84. The molecule has 3 rings (SSSR count). The highest BCUT2D eigenvalue weighted by atomic mass is 16.2. The van der Waals surface area contributed by atoms with Crippen LogP contribution in [-0.4, -0.2) is 80.6 Å². The molecule has 0 aromatic carbocycles. The molecule has 1 atom stereocenters. The fourth-order valence-corrected chi connectivity index (χ4v) is 3.19. The summed E-state index contributed by atoms with van der Waals surface area (Å²) >= 11 is 0. The molecule has 1 aromatic heterocycles. The Kier molecular flexibility index (Phi) is 5.16. The maximum atomic E-state index is 12.6. The first-order chi connectivity index (χ1) is 11.3. The van der Waals surface area contributed by atoms with E-state index in [9.17, 15) is 9.59 Å². The number of hydrogen-bond acceptors (Lipinski definition) is 6. The van der Waals surface area contributed by atoms with E-state index in [-0.39, 0.29) is 17.9 Å². The molecule has 2 saturated heterocycles. The van der Waals surface area contributed by atoms with E-state index in [1.54, 1.807) is 9.58 Å². The van der Waals surface area contributed by atoms with E-state index in [4.69, 9.17) is 0 Å². The first-order valence-electron chi connectivity index (χ1n) is 8.25. The van der Waals surface area contributed by atoms with Crippen LogP contribution < -0.4 is 5.32 Å². The highest BCUT2D eigenvalue weighted by Crippen LogP contribution is 2.15. The summed E-state index contributed by atoms with van der Waals surface area (Å²) in [6.45, 7) is 4.12. The average Bonchev–Trinajstić information content (AvgIpc) is 3.27. The van der Waals surface area contributed by atoms with E-state index in [1.807, 2.05) is 4.90 Å². The number of hydrogen-bond donors (Lipinski definition) is 1. The van der Waals surface area contributed by atoms with Gasteiger partial charge in [-0.25, -0.2) is 4.68 Å². The second-order valence-corrected chi connectivity index (χ2v) is 6.02. The van der Waals surface area contributed by atoms with Crippen molar-refractivity contribution in [3.8, 4) is 0 Å². The van der Waals surface area contributed by atoms with Crippen molar-refractivity contribution in [2.45, 2.75) is 38.3 Å². The maximum Gasteiger partial charge on any atom is 0.246 e. The van der Waals surface area contributed by atoms with Crippen LogP contribution in [0, 0.1) is 0 Å². The largest absolute Gasteiger partial charge is 0.341 e. The molecule has 0 saturated carbocycles. The molecule has 23 heavy (non-hydrogen) atoms. The number of piperazine rings is 1. The molecule has 2 aliphatic rings. The van der Waals surface area contributed by atoms with Crippen molar-refractivity contribution in [2.24, 2.45) is 0 Å². The molecule has 0 radical (unpaired) electrons. The number of amides is 2. The van der Waals surface area contributed by atoms with Gasteiger partial charge in [-0.05, 0) is 29.7 Å². The van der Waals surface area contributed by atoms with E-state index in [2.05, 4.69) is 20.8 Å². The third-order valence-electron chi connectivity index (χ3n) is 4.44. The first kappa shape index (κ1) is 15.9. The average molecular weight is 321 g/mol. The maximum absolute atomic E-state index is 12.6. The molecule has 2 amide bonds. The number of nitrogens with one attached hydrogen (secondary N) is 1. The SMILES string of the molecule is O=C(C1CNCCN1C(=O)CCCn1cnnn1)N1CCCC1. The fourth-order valence-electron chi connectivity index (χ4n) is 3.19. The smallest absolute Gasteiger partial charge is 0.246 e. The summed E-state index contributed by atoms with van der Waals surface area (Å²) < 4.78 is 1.61. The zero-order chi connectivity index (χ0) is 16.1. The molecule has 9 heteroatoms. The zero-order valence-electron chi connectivity index (χ0n) is 13.2. The van der Waals surface area contributed by atoms with Gasteiger partial charge in [0.05, 0.1) is 0 Å². The molecule has 3 heterocycles. The van der Waals surface area contributed by atoms with E-state index >= 15 is 0 Å². The number of rotatable bonds is 5. The highest BCUT2D eigenvalue weighted by Gasteiger charge is 2.35. The fraction of sp³-hybridized carbons (Fsp3) is 0.786. The molecule has 2 fully saturated rings. The van der Waals surface area contributed by atoms with Crippen molar-refractivity contribution in [2.75, 3.05) is 32.7 Å². The summed E-state index contributed by atoms with van der Waals surface area (Å²) in [6, 6.07) is -0.359. The van der Waals surface area contributed by atoms with Crippen molar-refractivity contribution in [3.05, 3.63) is 6.33 Å². The molecule has 1 aromatic rings. The van der Waals surface area contributed by atoms with E-state index in [1.165, 1.54) is 6.33 Å². The van der Waals surface area contributed by atoms with Crippen molar-refractivity contribution in [3.63, 3.8) is 0 Å². The molecular formula is C14H23N7O2. The summed E-state index contributed by atoms with van der Waals surface area (Å²) in [6.07, 6.45) is 4.73. The zero-order valence-corrected chi connectivity index (χ0v) is 13.2. The lowest BCUT2D eigenvalue weighted by Crippen LogP contribution is -2.59. The van der Waals surface area contributed by atoms with Crippen molar-refractivity contribution in [1.29, 1.82) is 0 Å². The van der Waals surface area contributed by atoms with Crippen LogP contribution in [0.3, 0.4) is 0 Å². The first-order valence-corrected chi connectivity index (χ1v) is 8.25. The second kappa shape index (κ2) is 7.49. The lowest BCUT2D eigenvalue weighted by Gasteiger charge is -2.37. The lowest BCUT2D eigenvalue weighted by molar-refractivity contribution is -0.146. The van der Waals surface area contributed by atoms with E-state index in [0.29, 0.717) is 32.5 Å². The Morgan fingerprint density at radius 3 is 2.78 bits per heavy atom. The van der Waals surface area contributed by atoms with Crippen molar-refractivity contribution >= 4 is 11.8 Å². The minimum Gasteiger partial charge on any atom is -0.341 e. The van der Waals surface area contributed by atoms with Gasteiger partial charge < -0.3 is 15.1 Å². The van der Waals surface area contributed by atoms with E-state index < -0.39 is 0 Å². The molecule has 126 valence electrons. The summed E-state index contributed by atoms with van der Waals surface area (Å²) in [5.41, 5.74) is 0. The highest BCUT2D eigenvalue weighted by molar-refractivity contribution is 5.88. The molecular weight excluding hydrogens is 298 g/mol. The number of carbonyl (C=O) groups excluding carboxylic acids is 2. The molecule has 1 N–H and O–H groups in total. The van der Waals surface area contributed by atoms with Gasteiger partial charge in [-0.3, -0.25) is 9.59 Å². The molecule has 0 bridgehead atoms. The van der Waals surface area contributed by atoms with Gasteiger partial charge in [-0.1, -0.05) is 0 Å². The molecule has 2 aliphatic heterocycles. The van der Waals surface area contributed by atoms with Crippen LogP contribution in [0.25, 0.3) is 0 Å². The molecule has 0 aliphatic carbocycles. The lowest BCUT2D eigenvalue weighted by atomic mass is 10.1. The van der Waals surface area contributed by atoms with Gasteiger partial charge in [0.15, 0.2) is 0 Å². The number of nitrogens with zero attached hydrogens (tertiary/aromatic N) is 6. The quantitative estimate of drug-likeness (QED) is 0.738. The Morgan fingerprint density at radius 2 is 2.04 bits per heavy atom. The summed E-state index contributed by atoms with van der Waals surface area (Å²) in [5.74, 6) is 0.126. The van der Waals surface area contributed by atoms with Gasteiger partial charge in [-0.2, -0.15) is 0 Å². The number of carbonyl (C=O) groups is 2. The second-order valence-electron chi connectivity index (χ2n) is 6.02. The van der Waals surface area contributed by atoms with Gasteiger partial charge in [0.25, 0.3) is 0 Å². The van der Waals surface area contributed by atoms with Crippen LogP contribution in [0.5, 0.6) is 0 Å². The number of aromatic nitrogens is 4. The molecule has 1 unspecified atom stereocenters. The predicted octanol–water partition coefficient (Wildman–Crippen LogP) is -1.12. The van der Waals surface area contributed by atoms with Crippen LogP contribution in [-0.2, 0) is 16.1 Å². The van der Waals surface area contributed by atoms with Gasteiger partial charge in [0.2, 0.25) is 11.8 Å². The van der Waals surface area contributed by atoms with Crippen LogP contribution in [0.2, 0.25) is 0 Å². The standard InChI is InChI=1S/C14H23N7O2/c22-13(4-3-8-20-11-16-17-18-20)21-9-5-15-10-12(21)14(23)19-6-1-2-7-19/h11-12,15H,1-10H2. The summed E-state index contributed by atoms with van der Waals surface area (Å²) in [4.78, 5) is 28.8. The summed E-state index contributed by atoms with van der Waals surface area (Å²) in [7, 11) is 0. The molecule has 0 spiro atoms. The number of likely N-dealkylation sites (tertiary alicyclic amines) is 1. The minimum atomic E-state index is -0.359. The van der Waals surface area contributed by atoms with Crippen LogP contribution >= 0.6 is 0 Å². The Morgan fingerprint density at radius 1 is 1.22 bits per heavy atom. The number of tetrazole rings is 1. The van der Waals surface area contributed by atoms with Gasteiger partial charge in [-0.15, -0.1) is 5.10 Å². The van der Waals surface area contributed by atoms with Crippen LogP contribution in [0.4, 0.5) is 0 Å². The third-order valence-corrected chi connectivity index (χ3v) is 4.44. The topological polar surface area (TPSA) is 96.2 Å².